The second kappa shape index (κ2) is 6.99. The highest BCUT2D eigenvalue weighted by molar-refractivity contribution is 5.92. The number of ether oxygens (including phenoxy) is 1. The van der Waals surface area contributed by atoms with Crippen molar-refractivity contribution in [1.82, 2.24) is 19.9 Å². The first-order valence-electron chi connectivity index (χ1n) is 9.03. The van der Waals surface area contributed by atoms with Gasteiger partial charge < -0.3 is 15.0 Å². The van der Waals surface area contributed by atoms with Crippen molar-refractivity contribution in [3.05, 3.63) is 48.2 Å². The summed E-state index contributed by atoms with van der Waals surface area (Å²) in [5.74, 6) is 0.790. The molecule has 2 aliphatic heterocycles. The van der Waals surface area contributed by atoms with E-state index in [0.29, 0.717) is 18.8 Å². The zero-order valence-electron chi connectivity index (χ0n) is 14.9. The first-order chi connectivity index (χ1) is 12.6. The van der Waals surface area contributed by atoms with Gasteiger partial charge in [-0.1, -0.05) is 6.07 Å². The zero-order valence-corrected chi connectivity index (χ0v) is 14.9. The second-order valence-corrected chi connectivity index (χ2v) is 7.13. The van der Waals surface area contributed by atoms with Crippen molar-refractivity contribution < 1.29 is 9.53 Å². The van der Waals surface area contributed by atoms with Crippen LogP contribution in [0, 0.1) is 6.92 Å². The predicted octanol–water partition coefficient (Wildman–Crippen LogP) is 2.06. The molecule has 2 saturated heterocycles. The molecule has 2 fully saturated rings. The lowest BCUT2D eigenvalue weighted by atomic mass is 9.88. The summed E-state index contributed by atoms with van der Waals surface area (Å²) in [4.78, 5) is 27.3. The predicted molar refractivity (Wildman–Crippen MR) is 96.9 cm³/mol. The summed E-state index contributed by atoms with van der Waals surface area (Å²) in [5.41, 5.74) is 0.923. The average molecular weight is 353 g/mol. The van der Waals surface area contributed by atoms with Gasteiger partial charge in [-0.25, -0.2) is 9.97 Å². The maximum Gasteiger partial charge on any atom is 0.274 e. The van der Waals surface area contributed by atoms with E-state index in [9.17, 15) is 4.79 Å². The lowest BCUT2D eigenvalue weighted by Crippen LogP contribution is -2.50. The van der Waals surface area contributed by atoms with Crippen LogP contribution in [0.3, 0.4) is 0 Å². The number of piperidine rings is 1. The molecule has 26 heavy (non-hydrogen) atoms. The number of aryl methyl sites for hydroxylation is 1. The molecule has 0 aliphatic carbocycles. The van der Waals surface area contributed by atoms with E-state index < -0.39 is 0 Å². The van der Waals surface area contributed by atoms with Crippen LogP contribution in [0.5, 0.6) is 0 Å². The highest BCUT2D eigenvalue weighted by Gasteiger charge is 2.44. The highest BCUT2D eigenvalue weighted by Crippen LogP contribution is 2.36. The molecule has 1 N–H and O–H groups in total. The van der Waals surface area contributed by atoms with Crippen LogP contribution in [0.25, 0.3) is 0 Å². The first kappa shape index (κ1) is 16.9. The topological polar surface area (TPSA) is 80.2 Å². The molecule has 2 atom stereocenters. The third-order valence-electron chi connectivity index (χ3n) is 5.05. The number of amides is 1. The van der Waals surface area contributed by atoms with Gasteiger partial charge in [0.15, 0.2) is 0 Å². The smallest absolute Gasteiger partial charge is 0.274 e. The second-order valence-electron chi connectivity index (χ2n) is 7.13. The molecule has 1 amide bonds. The molecule has 2 aliphatic rings. The van der Waals surface area contributed by atoms with Crippen LogP contribution in [0.15, 0.2) is 36.8 Å². The van der Waals surface area contributed by atoms with Gasteiger partial charge in [-0.2, -0.15) is 0 Å². The number of rotatable bonds is 3. The molecule has 136 valence electrons. The van der Waals surface area contributed by atoms with E-state index in [1.54, 1.807) is 18.6 Å². The lowest BCUT2D eigenvalue weighted by Gasteiger charge is -2.39. The maximum atomic E-state index is 12.8. The molecular formula is C19H23N5O2. The minimum Gasteiger partial charge on any atom is -0.371 e. The summed E-state index contributed by atoms with van der Waals surface area (Å²) in [6.07, 6.45) is 7.73. The van der Waals surface area contributed by atoms with Crippen LogP contribution in [0.2, 0.25) is 0 Å². The molecular weight excluding hydrogens is 330 g/mol. The van der Waals surface area contributed by atoms with Gasteiger partial charge in [-0.15, -0.1) is 0 Å². The van der Waals surface area contributed by atoms with Gasteiger partial charge in [0.2, 0.25) is 0 Å². The molecule has 2 aromatic rings. The molecule has 0 saturated carbocycles. The fourth-order valence-electron chi connectivity index (χ4n) is 3.82. The molecule has 7 nitrogen and oxygen atoms in total. The molecule has 1 spiro atoms. The van der Waals surface area contributed by atoms with E-state index in [1.807, 2.05) is 30.0 Å². The van der Waals surface area contributed by atoms with Crippen molar-refractivity contribution in [2.24, 2.45) is 0 Å². The number of nitrogens with one attached hydrogen (secondary N) is 1. The molecule has 7 heteroatoms. The van der Waals surface area contributed by atoms with Gasteiger partial charge in [0.05, 0.1) is 36.7 Å². The van der Waals surface area contributed by atoms with Crippen molar-refractivity contribution in [2.75, 3.05) is 25.0 Å². The molecule has 2 aromatic heterocycles. The Labute approximate surface area is 152 Å². The fourth-order valence-corrected chi connectivity index (χ4v) is 3.82. The Hall–Kier alpha value is -2.54. The number of pyridine rings is 1. The summed E-state index contributed by atoms with van der Waals surface area (Å²) >= 11 is 0. The normalized spacial score (nSPS) is 25.4. The van der Waals surface area contributed by atoms with E-state index in [0.717, 1.165) is 37.3 Å². The van der Waals surface area contributed by atoms with Crippen LogP contribution in [-0.2, 0) is 4.74 Å². The monoisotopic (exact) mass is 353 g/mol. The van der Waals surface area contributed by atoms with Gasteiger partial charge in [0, 0.05) is 25.4 Å². The van der Waals surface area contributed by atoms with Crippen LogP contribution in [0.1, 0.15) is 35.4 Å². The minimum absolute atomic E-state index is 0.0682. The number of anilines is 1. The van der Waals surface area contributed by atoms with Gasteiger partial charge in [-0.05, 0) is 31.9 Å². The number of hydrogen-bond acceptors (Lipinski definition) is 6. The molecule has 0 unspecified atom stereocenters. The van der Waals surface area contributed by atoms with Crippen LogP contribution >= 0.6 is 0 Å². The summed E-state index contributed by atoms with van der Waals surface area (Å²) in [6.45, 7) is 3.82. The van der Waals surface area contributed by atoms with Crippen molar-refractivity contribution in [2.45, 2.75) is 37.8 Å². The third kappa shape index (κ3) is 3.53. The van der Waals surface area contributed by atoms with Gasteiger partial charge in [-0.3, -0.25) is 9.78 Å². The number of carbonyl (C=O) groups excluding carboxylic acids is 1. The Balaban J connectivity index is 1.41. The van der Waals surface area contributed by atoms with Crippen molar-refractivity contribution in [1.29, 1.82) is 0 Å². The van der Waals surface area contributed by atoms with Crippen molar-refractivity contribution in [3.63, 3.8) is 0 Å². The van der Waals surface area contributed by atoms with Gasteiger partial charge >= 0.3 is 0 Å². The number of hydrogen-bond donors (Lipinski definition) is 1. The summed E-state index contributed by atoms with van der Waals surface area (Å²) in [6, 6.07) is 6.03. The van der Waals surface area contributed by atoms with E-state index in [4.69, 9.17) is 4.74 Å². The number of carbonyl (C=O) groups is 1. The summed E-state index contributed by atoms with van der Waals surface area (Å²) in [5, 5.41) is 3.43. The highest BCUT2D eigenvalue weighted by atomic mass is 16.5. The summed E-state index contributed by atoms with van der Waals surface area (Å²) in [7, 11) is 0. The number of nitrogens with zero attached hydrogens (tertiary/aromatic N) is 4. The van der Waals surface area contributed by atoms with Crippen molar-refractivity contribution >= 4 is 11.7 Å². The van der Waals surface area contributed by atoms with E-state index >= 15 is 0 Å². The van der Waals surface area contributed by atoms with E-state index in [1.165, 1.54) is 0 Å². The van der Waals surface area contributed by atoms with Crippen LogP contribution in [0.4, 0.5) is 5.82 Å². The fraction of sp³-hybridized carbons (Fsp3) is 0.474. The van der Waals surface area contributed by atoms with Crippen LogP contribution < -0.4 is 5.32 Å². The van der Waals surface area contributed by atoms with Gasteiger partial charge in [0.25, 0.3) is 5.91 Å². The molecule has 4 rings (SSSR count). The molecule has 0 radical (unpaired) electrons. The standard InChI is InChI=1S/C19H23N5O2/c1-14-10-22-16(11-21-14)18(25)24-8-4-6-19(13-24)9-15(12-26-19)23-17-5-2-3-7-20-17/h2-3,5,7,10-11,15H,4,6,8-9,12-13H2,1H3,(H,20,23)/t15-,19-/m1/s1. The Kier molecular flexibility index (Phi) is 4.55. The molecule has 0 aromatic carbocycles. The Morgan fingerprint density at radius 2 is 2.23 bits per heavy atom. The number of aromatic nitrogens is 3. The third-order valence-corrected chi connectivity index (χ3v) is 5.05. The Morgan fingerprint density at radius 3 is 3.00 bits per heavy atom. The molecule has 4 heterocycles. The molecule has 0 bridgehead atoms. The van der Waals surface area contributed by atoms with Crippen molar-refractivity contribution in [3.8, 4) is 0 Å². The average Bonchev–Trinajstić information content (AvgIpc) is 3.04. The zero-order chi connectivity index (χ0) is 18.0. The SMILES string of the molecule is Cc1cnc(C(=O)N2CCC[C@@]3(C[C@@H](Nc4ccccn4)CO3)C2)cn1. The number of likely N-dealkylation sites (tertiary alicyclic amines) is 1. The summed E-state index contributed by atoms with van der Waals surface area (Å²) < 4.78 is 6.18. The Bertz CT molecular complexity index is 767. The van der Waals surface area contributed by atoms with Gasteiger partial charge in [0.1, 0.15) is 11.5 Å². The lowest BCUT2D eigenvalue weighted by molar-refractivity contribution is -0.0448. The largest absolute Gasteiger partial charge is 0.371 e. The van der Waals surface area contributed by atoms with E-state index in [-0.39, 0.29) is 17.6 Å². The maximum absolute atomic E-state index is 12.8. The minimum atomic E-state index is -0.279. The first-order valence-corrected chi connectivity index (χ1v) is 9.03. The quantitative estimate of drug-likeness (QED) is 0.910. The van der Waals surface area contributed by atoms with Crippen LogP contribution in [-0.4, -0.2) is 57.1 Å². The Morgan fingerprint density at radius 1 is 1.31 bits per heavy atom. The van der Waals surface area contributed by atoms with E-state index in [2.05, 4.69) is 20.3 Å².